The highest BCUT2D eigenvalue weighted by atomic mass is 19.3. The summed E-state index contributed by atoms with van der Waals surface area (Å²) in [6, 6.07) is 5.67. The van der Waals surface area contributed by atoms with Gasteiger partial charge >= 0.3 is 12.1 Å². The zero-order valence-corrected chi connectivity index (χ0v) is 5.93. The van der Waals surface area contributed by atoms with Gasteiger partial charge in [0, 0.05) is 0 Å². The van der Waals surface area contributed by atoms with E-state index in [1.165, 1.54) is 12.1 Å². The van der Waals surface area contributed by atoms with Gasteiger partial charge in [0.1, 0.15) is 5.75 Å². The normalized spacial score (nSPS) is 9.25. The van der Waals surface area contributed by atoms with Gasteiger partial charge in [0.05, 0.1) is 0 Å². The molecule has 64 valence electrons. The van der Waals surface area contributed by atoms with Gasteiger partial charge in [-0.2, -0.15) is 13.2 Å². The average Bonchev–Trinajstić information content (AvgIpc) is 2.06. The van der Waals surface area contributed by atoms with E-state index in [1.54, 1.807) is 18.2 Å². The van der Waals surface area contributed by atoms with Crippen molar-refractivity contribution in [2.75, 3.05) is 0 Å². The summed E-state index contributed by atoms with van der Waals surface area (Å²) < 4.78 is 39.2. The molecular weight excluding hydrogens is 169 g/mol. The second kappa shape index (κ2) is 3.80. The van der Waals surface area contributed by atoms with Gasteiger partial charge in [0.25, 0.3) is 0 Å². The summed E-state index contributed by atoms with van der Waals surface area (Å²) in [5.74, 6) is 0.0443. The first-order valence-corrected chi connectivity index (χ1v) is 3.14. The Morgan fingerprint density at radius 3 is 2.08 bits per heavy atom. The molecule has 0 saturated heterocycles. The van der Waals surface area contributed by atoms with Gasteiger partial charge in [-0.25, -0.2) is 0 Å². The number of para-hydroxylation sites is 1. The third-order valence-electron chi connectivity index (χ3n) is 1.10. The van der Waals surface area contributed by atoms with E-state index in [2.05, 4.69) is 4.74 Å². The maximum atomic E-state index is 12.1. The van der Waals surface area contributed by atoms with Crippen LogP contribution in [0.1, 0.15) is 0 Å². The molecule has 1 rings (SSSR count). The van der Waals surface area contributed by atoms with Crippen LogP contribution in [0.3, 0.4) is 0 Å². The summed E-state index contributed by atoms with van der Waals surface area (Å²) in [4.78, 5) is 0. The number of benzene rings is 1. The van der Waals surface area contributed by atoms with E-state index >= 15 is 0 Å². The molecular formula is C8H5F3O. The van der Waals surface area contributed by atoms with Crippen molar-refractivity contribution in [3.8, 4) is 5.75 Å². The lowest BCUT2D eigenvalue weighted by molar-refractivity contribution is 0.241. The van der Waals surface area contributed by atoms with Gasteiger partial charge in [0.15, 0.2) is 0 Å². The molecule has 0 N–H and O–H groups in total. The third-order valence-corrected chi connectivity index (χ3v) is 1.10. The lowest BCUT2D eigenvalue weighted by atomic mass is 10.3. The Labute approximate surface area is 67.1 Å². The molecule has 0 aliphatic heterocycles. The number of rotatable bonds is 2. The van der Waals surface area contributed by atoms with Gasteiger partial charge in [0.2, 0.25) is 0 Å². The van der Waals surface area contributed by atoms with Gasteiger partial charge in [-0.1, -0.05) is 18.2 Å². The fraction of sp³-hybridized carbons (Fsp3) is 0. The highest BCUT2D eigenvalue weighted by Gasteiger charge is 2.06. The van der Waals surface area contributed by atoms with Crippen LogP contribution < -0.4 is 4.74 Å². The summed E-state index contributed by atoms with van der Waals surface area (Å²) in [6.45, 7) is 0. The average molecular weight is 174 g/mol. The van der Waals surface area contributed by atoms with Crippen molar-refractivity contribution in [3.05, 3.63) is 42.4 Å². The number of hydrogen-bond donors (Lipinski definition) is 0. The quantitative estimate of drug-likeness (QED) is 0.626. The van der Waals surface area contributed by atoms with Crippen LogP contribution in [0.4, 0.5) is 13.2 Å². The smallest absolute Gasteiger partial charge is 0.344 e. The first-order valence-electron chi connectivity index (χ1n) is 3.14. The first kappa shape index (κ1) is 8.64. The van der Waals surface area contributed by atoms with Crippen LogP contribution in [-0.2, 0) is 0 Å². The van der Waals surface area contributed by atoms with Crippen LogP contribution in [0.25, 0.3) is 0 Å². The number of ether oxygens (including phenoxy) is 1. The molecule has 0 heterocycles. The molecule has 0 amide bonds. The molecule has 12 heavy (non-hydrogen) atoms. The Morgan fingerprint density at radius 1 is 1.00 bits per heavy atom. The van der Waals surface area contributed by atoms with Crippen LogP contribution in [0.15, 0.2) is 42.4 Å². The standard InChI is InChI=1S/C8H5F3O/c9-7(10)8(11)12-6-4-2-1-3-5-6/h1-5H. The summed E-state index contributed by atoms with van der Waals surface area (Å²) in [7, 11) is 0. The number of halogens is 3. The van der Waals surface area contributed by atoms with Crippen molar-refractivity contribution in [2.45, 2.75) is 0 Å². The van der Waals surface area contributed by atoms with E-state index in [9.17, 15) is 13.2 Å². The Balaban J connectivity index is 2.72. The van der Waals surface area contributed by atoms with E-state index in [0.29, 0.717) is 0 Å². The van der Waals surface area contributed by atoms with Crippen LogP contribution >= 0.6 is 0 Å². The van der Waals surface area contributed by atoms with E-state index in [1.807, 2.05) is 0 Å². The molecule has 0 aliphatic carbocycles. The van der Waals surface area contributed by atoms with Gasteiger partial charge in [-0.05, 0) is 12.1 Å². The van der Waals surface area contributed by atoms with E-state index < -0.39 is 12.1 Å². The van der Waals surface area contributed by atoms with Gasteiger partial charge < -0.3 is 4.74 Å². The molecule has 1 aromatic rings. The molecule has 0 fully saturated rings. The predicted molar refractivity (Wildman–Crippen MR) is 37.4 cm³/mol. The minimum atomic E-state index is -2.46. The predicted octanol–water partition coefficient (Wildman–Crippen LogP) is 3.10. The Bertz CT molecular complexity index is 278. The SMILES string of the molecule is FC(F)=C(F)Oc1ccccc1. The molecule has 0 spiro atoms. The third kappa shape index (κ3) is 2.30. The number of hydrogen-bond acceptors (Lipinski definition) is 1. The van der Waals surface area contributed by atoms with Crippen LogP contribution in [-0.4, -0.2) is 0 Å². The molecule has 0 aliphatic rings. The lowest BCUT2D eigenvalue weighted by Gasteiger charge is -1.99. The molecule has 0 atom stereocenters. The summed E-state index contributed by atoms with van der Waals surface area (Å²) in [6.07, 6.45) is -2.46. The summed E-state index contributed by atoms with van der Waals surface area (Å²) in [5.41, 5.74) is 0. The Hall–Kier alpha value is -1.45. The zero-order valence-electron chi connectivity index (χ0n) is 5.93. The summed E-state index contributed by atoms with van der Waals surface area (Å²) >= 11 is 0. The maximum absolute atomic E-state index is 12.1. The minimum Gasteiger partial charge on any atom is -0.428 e. The van der Waals surface area contributed by atoms with Crippen molar-refractivity contribution in [1.29, 1.82) is 0 Å². The van der Waals surface area contributed by atoms with E-state index in [-0.39, 0.29) is 5.75 Å². The topological polar surface area (TPSA) is 9.23 Å². The first-order chi connectivity index (χ1) is 5.70. The fourth-order valence-corrected chi connectivity index (χ4v) is 0.631. The minimum absolute atomic E-state index is 0.0443. The highest BCUT2D eigenvalue weighted by Crippen LogP contribution is 2.16. The van der Waals surface area contributed by atoms with Gasteiger partial charge in [-0.15, -0.1) is 0 Å². The van der Waals surface area contributed by atoms with Crippen LogP contribution in [0.5, 0.6) is 5.75 Å². The van der Waals surface area contributed by atoms with Crippen LogP contribution in [0.2, 0.25) is 0 Å². The molecule has 1 aromatic carbocycles. The molecule has 4 heteroatoms. The van der Waals surface area contributed by atoms with E-state index in [4.69, 9.17) is 0 Å². The molecule has 0 bridgehead atoms. The van der Waals surface area contributed by atoms with Crippen molar-refractivity contribution in [2.24, 2.45) is 0 Å². The second-order valence-electron chi connectivity index (χ2n) is 1.95. The van der Waals surface area contributed by atoms with Crippen molar-refractivity contribution in [3.63, 3.8) is 0 Å². The highest BCUT2D eigenvalue weighted by molar-refractivity contribution is 5.22. The summed E-state index contributed by atoms with van der Waals surface area (Å²) in [5, 5.41) is 0. The molecule has 1 nitrogen and oxygen atoms in total. The molecule has 0 aromatic heterocycles. The Morgan fingerprint density at radius 2 is 1.58 bits per heavy atom. The Kier molecular flexibility index (Phi) is 2.74. The molecule has 0 radical (unpaired) electrons. The zero-order chi connectivity index (χ0) is 8.97. The lowest BCUT2D eigenvalue weighted by Crippen LogP contribution is -1.89. The molecule has 0 saturated carbocycles. The largest absolute Gasteiger partial charge is 0.428 e. The fourth-order valence-electron chi connectivity index (χ4n) is 0.631. The monoisotopic (exact) mass is 174 g/mol. The maximum Gasteiger partial charge on any atom is 0.344 e. The molecule has 0 unspecified atom stereocenters. The van der Waals surface area contributed by atoms with Gasteiger partial charge in [-0.3, -0.25) is 0 Å². The van der Waals surface area contributed by atoms with Crippen LogP contribution in [0, 0.1) is 0 Å². The van der Waals surface area contributed by atoms with Crippen molar-refractivity contribution in [1.82, 2.24) is 0 Å². The van der Waals surface area contributed by atoms with Crippen molar-refractivity contribution < 1.29 is 17.9 Å². The second-order valence-corrected chi connectivity index (χ2v) is 1.95. The van der Waals surface area contributed by atoms with E-state index in [0.717, 1.165) is 0 Å². The van der Waals surface area contributed by atoms with Crippen molar-refractivity contribution >= 4 is 0 Å².